The predicted molar refractivity (Wildman–Crippen MR) is 135 cm³/mol. The number of thioether (sulfide) groups is 1. The van der Waals surface area contributed by atoms with Gasteiger partial charge in [0.15, 0.2) is 11.5 Å². The van der Waals surface area contributed by atoms with Crippen LogP contribution in [0.15, 0.2) is 71.6 Å². The average molecular weight is 496 g/mol. The number of imide groups is 1. The molecule has 0 saturated carbocycles. The molecule has 1 heterocycles. The van der Waals surface area contributed by atoms with Crippen molar-refractivity contribution in [3.63, 3.8) is 0 Å². The number of anilines is 1. The minimum absolute atomic E-state index is 0.313. The van der Waals surface area contributed by atoms with E-state index in [1.807, 2.05) is 37.3 Å². The lowest BCUT2D eigenvalue weighted by Crippen LogP contribution is -2.28. The van der Waals surface area contributed by atoms with Gasteiger partial charge in [-0.15, -0.1) is 0 Å². The summed E-state index contributed by atoms with van der Waals surface area (Å²) in [7, 11) is 1.50. The Labute approximate surface area is 207 Å². The minimum atomic E-state index is -0.402. The van der Waals surface area contributed by atoms with Crippen molar-refractivity contribution >= 4 is 46.3 Å². The van der Waals surface area contributed by atoms with E-state index >= 15 is 0 Å². The Morgan fingerprint density at radius 1 is 0.941 bits per heavy atom. The molecule has 0 atom stereocenters. The fraction of sp³-hybridized carbons (Fsp3) is 0.154. The Hall–Kier alpha value is -3.42. The standard InChI is InChI=1S/C26H22ClNO5S/c1-3-32-23-14-18(10-13-22(23)33-16-17-8-11-19(27)12-9-17)15-24-25(29)28(26(30)34-24)20-6-4-5-7-21(20)31-2/h4-15H,3,16H2,1-2H3/b24-15-. The molecule has 6 nitrogen and oxygen atoms in total. The highest BCUT2D eigenvalue weighted by atomic mass is 35.5. The van der Waals surface area contributed by atoms with E-state index in [4.69, 9.17) is 25.8 Å². The maximum atomic E-state index is 13.0. The van der Waals surface area contributed by atoms with E-state index < -0.39 is 5.91 Å². The highest BCUT2D eigenvalue weighted by Crippen LogP contribution is 2.40. The summed E-state index contributed by atoms with van der Waals surface area (Å²) >= 11 is 6.82. The van der Waals surface area contributed by atoms with Crippen LogP contribution in [0.5, 0.6) is 17.2 Å². The summed E-state index contributed by atoms with van der Waals surface area (Å²) in [6, 6.07) is 19.7. The molecule has 1 aliphatic rings. The van der Waals surface area contributed by atoms with Gasteiger partial charge >= 0.3 is 0 Å². The van der Waals surface area contributed by atoms with Gasteiger partial charge < -0.3 is 14.2 Å². The van der Waals surface area contributed by atoms with Gasteiger partial charge in [0.05, 0.1) is 24.3 Å². The Balaban J connectivity index is 1.56. The van der Waals surface area contributed by atoms with Crippen molar-refractivity contribution in [2.24, 2.45) is 0 Å². The molecule has 3 aromatic rings. The molecule has 0 N–H and O–H groups in total. The number of hydrogen-bond acceptors (Lipinski definition) is 6. The molecular weight excluding hydrogens is 474 g/mol. The van der Waals surface area contributed by atoms with Crippen molar-refractivity contribution in [1.29, 1.82) is 0 Å². The van der Waals surface area contributed by atoms with E-state index in [0.717, 1.165) is 22.2 Å². The summed E-state index contributed by atoms with van der Waals surface area (Å²) in [5.74, 6) is 1.18. The van der Waals surface area contributed by atoms with Crippen LogP contribution in [0.2, 0.25) is 5.02 Å². The van der Waals surface area contributed by atoms with Crippen molar-refractivity contribution in [1.82, 2.24) is 0 Å². The lowest BCUT2D eigenvalue weighted by atomic mass is 10.1. The van der Waals surface area contributed by atoms with Crippen LogP contribution in [0.3, 0.4) is 0 Å². The van der Waals surface area contributed by atoms with Gasteiger partial charge in [-0.25, -0.2) is 4.90 Å². The van der Waals surface area contributed by atoms with E-state index in [-0.39, 0.29) is 5.24 Å². The molecule has 0 unspecified atom stereocenters. The van der Waals surface area contributed by atoms with Gasteiger partial charge in [0.2, 0.25) is 0 Å². The van der Waals surface area contributed by atoms with Crippen molar-refractivity contribution in [3.8, 4) is 17.2 Å². The highest BCUT2D eigenvalue weighted by molar-refractivity contribution is 8.19. The number of carbonyl (C=O) groups excluding carboxylic acids is 2. The topological polar surface area (TPSA) is 65.1 Å². The molecule has 174 valence electrons. The zero-order valence-electron chi connectivity index (χ0n) is 18.6. The Morgan fingerprint density at radius 3 is 2.44 bits per heavy atom. The third-order valence-corrected chi connectivity index (χ3v) is 6.11. The van der Waals surface area contributed by atoms with Gasteiger partial charge in [0, 0.05) is 5.02 Å². The van der Waals surface area contributed by atoms with Crippen LogP contribution in [0.25, 0.3) is 6.08 Å². The summed E-state index contributed by atoms with van der Waals surface area (Å²) in [5, 5.41) is 0.284. The first kappa shape index (κ1) is 23.7. The first-order chi connectivity index (χ1) is 16.5. The minimum Gasteiger partial charge on any atom is -0.495 e. The smallest absolute Gasteiger partial charge is 0.298 e. The molecule has 0 aliphatic carbocycles. The number of halogens is 1. The molecule has 0 bridgehead atoms. The maximum absolute atomic E-state index is 13.0. The van der Waals surface area contributed by atoms with E-state index in [9.17, 15) is 9.59 Å². The average Bonchev–Trinajstić information content (AvgIpc) is 3.12. The third kappa shape index (κ3) is 5.21. The molecule has 34 heavy (non-hydrogen) atoms. The van der Waals surface area contributed by atoms with Gasteiger partial charge in [0.25, 0.3) is 11.1 Å². The largest absolute Gasteiger partial charge is 0.495 e. The number of nitrogens with zero attached hydrogens (tertiary/aromatic N) is 1. The molecule has 0 radical (unpaired) electrons. The van der Waals surface area contributed by atoms with Crippen LogP contribution < -0.4 is 19.1 Å². The molecular formula is C26H22ClNO5S. The summed E-state index contributed by atoms with van der Waals surface area (Å²) in [4.78, 5) is 27.1. The quantitative estimate of drug-likeness (QED) is 0.329. The summed E-state index contributed by atoms with van der Waals surface area (Å²) in [5.41, 5.74) is 2.10. The zero-order chi connectivity index (χ0) is 24.1. The van der Waals surface area contributed by atoms with Crippen molar-refractivity contribution < 1.29 is 23.8 Å². The van der Waals surface area contributed by atoms with Gasteiger partial charge in [-0.3, -0.25) is 9.59 Å². The maximum Gasteiger partial charge on any atom is 0.298 e. The monoisotopic (exact) mass is 495 g/mol. The van der Waals surface area contributed by atoms with Crippen LogP contribution in [0.4, 0.5) is 10.5 Å². The van der Waals surface area contributed by atoms with E-state index in [1.165, 1.54) is 7.11 Å². The fourth-order valence-corrected chi connectivity index (χ4v) is 4.35. The molecule has 0 spiro atoms. The molecule has 8 heteroatoms. The van der Waals surface area contributed by atoms with E-state index in [1.54, 1.807) is 42.5 Å². The summed E-state index contributed by atoms with van der Waals surface area (Å²) in [6.45, 7) is 2.69. The predicted octanol–water partition coefficient (Wildman–Crippen LogP) is 6.57. The molecule has 1 fully saturated rings. The van der Waals surface area contributed by atoms with Crippen LogP contribution >= 0.6 is 23.4 Å². The second kappa shape index (κ2) is 10.7. The van der Waals surface area contributed by atoms with E-state index in [2.05, 4.69) is 0 Å². The number of methoxy groups -OCH3 is 1. The highest BCUT2D eigenvalue weighted by Gasteiger charge is 2.37. The summed E-state index contributed by atoms with van der Waals surface area (Å²) in [6.07, 6.45) is 1.67. The first-order valence-corrected chi connectivity index (χ1v) is 11.7. The van der Waals surface area contributed by atoms with Crippen LogP contribution in [-0.4, -0.2) is 24.9 Å². The number of ether oxygens (including phenoxy) is 3. The Kier molecular flexibility index (Phi) is 7.45. The number of benzene rings is 3. The van der Waals surface area contributed by atoms with Crippen LogP contribution in [0.1, 0.15) is 18.1 Å². The Bertz CT molecular complexity index is 1240. The second-order valence-corrected chi connectivity index (χ2v) is 8.67. The summed E-state index contributed by atoms with van der Waals surface area (Å²) < 4.78 is 17.0. The Morgan fingerprint density at radius 2 is 1.71 bits per heavy atom. The van der Waals surface area contributed by atoms with Crippen molar-refractivity contribution in [2.75, 3.05) is 18.6 Å². The molecule has 0 aromatic heterocycles. The number of para-hydroxylation sites is 2. The van der Waals surface area contributed by atoms with E-state index in [0.29, 0.717) is 51.6 Å². The van der Waals surface area contributed by atoms with Gasteiger partial charge in [-0.05, 0) is 72.3 Å². The molecule has 1 saturated heterocycles. The third-order valence-electron chi connectivity index (χ3n) is 4.99. The lowest BCUT2D eigenvalue weighted by molar-refractivity contribution is -0.113. The number of amides is 2. The van der Waals surface area contributed by atoms with Gasteiger partial charge in [-0.1, -0.05) is 41.9 Å². The number of hydrogen-bond donors (Lipinski definition) is 0. The molecule has 4 rings (SSSR count). The normalized spacial score (nSPS) is 14.6. The number of rotatable bonds is 8. The molecule has 3 aromatic carbocycles. The second-order valence-electron chi connectivity index (χ2n) is 7.24. The zero-order valence-corrected chi connectivity index (χ0v) is 20.2. The van der Waals surface area contributed by atoms with Crippen molar-refractivity contribution in [2.45, 2.75) is 13.5 Å². The van der Waals surface area contributed by atoms with Gasteiger partial charge in [0.1, 0.15) is 12.4 Å². The first-order valence-electron chi connectivity index (χ1n) is 10.5. The molecule has 2 amide bonds. The van der Waals surface area contributed by atoms with Gasteiger partial charge in [-0.2, -0.15) is 0 Å². The van der Waals surface area contributed by atoms with Crippen LogP contribution in [0, 0.1) is 0 Å². The fourth-order valence-electron chi connectivity index (χ4n) is 3.38. The lowest BCUT2D eigenvalue weighted by Gasteiger charge is -2.15. The molecule has 1 aliphatic heterocycles. The number of carbonyl (C=O) groups is 2. The van der Waals surface area contributed by atoms with Crippen LogP contribution in [-0.2, 0) is 11.4 Å². The van der Waals surface area contributed by atoms with Crippen molar-refractivity contribution in [3.05, 3.63) is 87.8 Å². The SMILES string of the molecule is CCOc1cc(/C=C2\SC(=O)N(c3ccccc3OC)C2=O)ccc1OCc1ccc(Cl)cc1.